The number of anilines is 1. The highest BCUT2D eigenvalue weighted by Gasteiger charge is 2.34. The van der Waals surface area contributed by atoms with E-state index in [1.54, 1.807) is 0 Å². The van der Waals surface area contributed by atoms with E-state index in [2.05, 4.69) is 22.0 Å². The van der Waals surface area contributed by atoms with Gasteiger partial charge in [-0.2, -0.15) is 5.10 Å². The molecule has 0 aromatic carbocycles. The van der Waals surface area contributed by atoms with E-state index in [1.165, 1.54) is 6.33 Å². The third-order valence-electron chi connectivity index (χ3n) is 3.17. The van der Waals surface area contributed by atoms with E-state index in [0.29, 0.717) is 5.82 Å². The van der Waals surface area contributed by atoms with Crippen LogP contribution in [-0.4, -0.2) is 33.0 Å². The Morgan fingerprint density at radius 3 is 2.88 bits per heavy atom. The second kappa shape index (κ2) is 3.40. The fraction of sp³-hybridized carbons (Fsp3) is 0.545. The molecule has 2 aromatic heterocycles. The van der Waals surface area contributed by atoms with Gasteiger partial charge < -0.3 is 10.5 Å². The molecular weight excluding hydrogens is 218 g/mol. The highest BCUT2D eigenvalue weighted by molar-refractivity contribution is 5.87. The molecule has 0 radical (unpaired) electrons. The number of nitrogens with zero attached hydrogens (tertiary/aromatic N) is 4. The van der Waals surface area contributed by atoms with Gasteiger partial charge in [0.1, 0.15) is 12.1 Å². The predicted molar refractivity (Wildman–Crippen MR) is 63.4 cm³/mol. The van der Waals surface area contributed by atoms with Crippen LogP contribution in [-0.2, 0) is 11.3 Å². The number of nitrogens with two attached hydrogens (primary N) is 1. The number of ether oxygens (including phenoxy) is 1. The lowest BCUT2D eigenvalue weighted by Crippen LogP contribution is -2.43. The molecule has 6 heteroatoms. The lowest BCUT2D eigenvalue weighted by Gasteiger charge is -2.37. The molecule has 0 unspecified atom stereocenters. The van der Waals surface area contributed by atoms with Crippen LogP contribution in [0.5, 0.6) is 0 Å². The average molecular weight is 233 g/mol. The van der Waals surface area contributed by atoms with E-state index in [-0.39, 0.29) is 5.41 Å². The molecule has 0 bridgehead atoms. The van der Waals surface area contributed by atoms with Crippen LogP contribution in [0, 0.1) is 12.3 Å². The minimum absolute atomic E-state index is 0.158. The van der Waals surface area contributed by atoms with Gasteiger partial charge in [0.15, 0.2) is 5.65 Å². The Morgan fingerprint density at radius 1 is 1.47 bits per heavy atom. The molecule has 0 saturated carbocycles. The molecule has 0 aliphatic carbocycles. The minimum Gasteiger partial charge on any atom is -0.383 e. The Kier molecular flexibility index (Phi) is 2.09. The van der Waals surface area contributed by atoms with Gasteiger partial charge in [-0.25, -0.2) is 14.6 Å². The van der Waals surface area contributed by atoms with E-state index in [9.17, 15) is 0 Å². The highest BCUT2D eigenvalue weighted by Crippen LogP contribution is 2.30. The largest absolute Gasteiger partial charge is 0.383 e. The van der Waals surface area contributed by atoms with Crippen molar-refractivity contribution in [1.29, 1.82) is 0 Å². The Bertz CT molecular complexity index is 572. The van der Waals surface area contributed by atoms with Crippen LogP contribution in [0.25, 0.3) is 11.0 Å². The second-order valence-electron chi connectivity index (χ2n) is 5.00. The molecule has 1 fully saturated rings. The maximum absolute atomic E-state index is 5.85. The molecule has 0 atom stereocenters. The van der Waals surface area contributed by atoms with Crippen LogP contribution in [0.4, 0.5) is 5.82 Å². The first-order chi connectivity index (χ1) is 8.09. The summed E-state index contributed by atoms with van der Waals surface area (Å²) in [5.41, 5.74) is 7.69. The van der Waals surface area contributed by atoms with E-state index in [4.69, 9.17) is 10.5 Å². The summed E-state index contributed by atoms with van der Waals surface area (Å²) in [5.74, 6) is 0.494. The summed E-state index contributed by atoms with van der Waals surface area (Å²) in [6, 6.07) is 0. The van der Waals surface area contributed by atoms with Crippen LogP contribution >= 0.6 is 0 Å². The quantitative estimate of drug-likeness (QED) is 0.828. The maximum atomic E-state index is 5.85. The molecule has 0 spiro atoms. The number of hydrogen-bond donors (Lipinski definition) is 1. The van der Waals surface area contributed by atoms with Crippen molar-refractivity contribution in [2.75, 3.05) is 18.9 Å². The maximum Gasteiger partial charge on any atom is 0.163 e. The summed E-state index contributed by atoms with van der Waals surface area (Å²) in [4.78, 5) is 8.27. The molecule has 3 heterocycles. The first-order valence-electron chi connectivity index (χ1n) is 5.60. The summed E-state index contributed by atoms with van der Waals surface area (Å²) in [6.07, 6.45) is 1.48. The lowest BCUT2D eigenvalue weighted by atomic mass is 9.89. The van der Waals surface area contributed by atoms with Gasteiger partial charge in [-0.05, 0) is 6.92 Å². The third-order valence-corrected chi connectivity index (χ3v) is 3.17. The fourth-order valence-corrected chi connectivity index (χ4v) is 2.22. The molecule has 1 aliphatic rings. The zero-order chi connectivity index (χ0) is 12.0. The van der Waals surface area contributed by atoms with Crippen molar-refractivity contribution in [3.05, 3.63) is 12.0 Å². The van der Waals surface area contributed by atoms with Gasteiger partial charge in [-0.3, -0.25) is 0 Å². The van der Waals surface area contributed by atoms with Crippen LogP contribution in [0.15, 0.2) is 6.33 Å². The molecule has 2 N–H and O–H groups in total. The zero-order valence-electron chi connectivity index (χ0n) is 9.97. The first kappa shape index (κ1) is 10.5. The SMILES string of the molecule is Cc1nn(CC2(C)COC2)c2ncnc(N)c12. The Balaban J connectivity index is 2.08. The topological polar surface area (TPSA) is 78.8 Å². The monoisotopic (exact) mass is 233 g/mol. The standard InChI is InChI=1S/C11H15N5O/c1-7-8-9(12)13-6-14-10(8)16(15-7)3-11(2)4-17-5-11/h6H,3-5H2,1-2H3,(H2,12,13,14). The van der Waals surface area contributed by atoms with Crippen LogP contribution in [0.1, 0.15) is 12.6 Å². The molecule has 1 aliphatic heterocycles. The molecule has 0 amide bonds. The zero-order valence-corrected chi connectivity index (χ0v) is 9.97. The normalized spacial score (nSPS) is 18.2. The van der Waals surface area contributed by atoms with E-state index >= 15 is 0 Å². The van der Waals surface area contributed by atoms with Crippen molar-refractivity contribution in [2.45, 2.75) is 20.4 Å². The summed E-state index contributed by atoms with van der Waals surface area (Å²) < 4.78 is 7.16. The van der Waals surface area contributed by atoms with Crippen molar-refractivity contribution in [3.63, 3.8) is 0 Å². The minimum atomic E-state index is 0.158. The smallest absolute Gasteiger partial charge is 0.163 e. The molecular formula is C11H15N5O. The molecule has 17 heavy (non-hydrogen) atoms. The molecule has 1 saturated heterocycles. The number of nitrogen functional groups attached to an aromatic ring is 1. The van der Waals surface area contributed by atoms with Crippen molar-refractivity contribution in [2.24, 2.45) is 5.41 Å². The van der Waals surface area contributed by atoms with E-state index in [0.717, 1.165) is 36.5 Å². The van der Waals surface area contributed by atoms with Gasteiger partial charge >= 0.3 is 0 Å². The summed E-state index contributed by atoms with van der Waals surface area (Å²) >= 11 is 0. The van der Waals surface area contributed by atoms with Crippen molar-refractivity contribution >= 4 is 16.9 Å². The molecule has 6 nitrogen and oxygen atoms in total. The Labute approximate surface area is 98.8 Å². The van der Waals surface area contributed by atoms with E-state index in [1.807, 2.05) is 11.6 Å². The van der Waals surface area contributed by atoms with Crippen molar-refractivity contribution in [3.8, 4) is 0 Å². The fourth-order valence-electron chi connectivity index (χ4n) is 2.22. The van der Waals surface area contributed by atoms with Gasteiger partial charge in [0.2, 0.25) is 0 Å². The Hall–Kier alpha value is -1.69. The number of aryl methyl sites for hydroxylation is 1. The van der Waals surface area contributed by atoms with E-state index < -0.39 is 0 Å². The average Bonchev–Trinajstić information content (AvgIpc) is 2.55. The number of fused-ring (bicyclic) bond motifs is 1. The summed E-state index contributed by atoms with van der Waals surface area (Å²) in [5, 5.41) is 5.35. The summed E-state index contributed by atoms with van der Waals surface area (Å²) in [7, 11) is 0. The summed E-state index contributed by atoms with van der Waals surface area (Å²) in [6.45, 7) is 6.46. The number of hydrogen-bond acceptors (Lipinski definition) is 5. The van der Waals surface area contributed by atoms with Gasteiger partial charge in [-0.15, -0.1) is 0 Å². The van der Waals surface area contributed by atoms with Crippen LogP contribution in [0.2, 0.25) is 0 Å². The van der Waals surface area contributed by atoms with Gasteiger partial charge in [0.05, 0.1) is 30.8 Å². The van der Waals surface area contributed by atoms with Crippen LogP contribution < -0.4 is 5.73 Å². The van der Waals surface area contributed by atoms with Gasteiger partial charge in [0, 0.05) is 5.41 Å². The third kappa shape index (κ3) is 1.56. The Morgan fingerprint density at radius 2 is 2.24 bits per heavy atom. The lowest BCUT2D eigenvalue weighted by molar-refractivity contribution is -0.111. The number of rotatable bonds is 2. The second-order valence-corrected chi connectivity index (χ2v) is 5.00. The van der Waals surface area contributed by atoms with Crippen LogP contribution in [0.3, 0.4) is 0 Å². The van der Waals surface area contributed by atoms with Gasteiger partial charge in [0.25, 0.3) is 0 Å². The first-order valence-corrected chi connectivity index (χ1v) is 5.60. The number of aromatic nitrogens is 4. The van der Waals surface area contributed by atoms with Crippen molar-refractivity contribution in [1.82, 2.24) is 19.7 Å². The highest BCUT2D eigenvalue weighted by atomic mass is 16.5. The predicted octanol–water partition coefficient (Wildman–Crippen LogP) is 0.753. The molecule has 90 valence electrons. The van der Waals surface area contributed by atoms with Gasteiger partial charge in [-0.1, -0.05) is 6.92 Å². The van der Waals surface area contributed by atoms with Crippen molar-refractivity contribution < 1.29 is 4.74 Å². The molecule has 2 aromatic rings. The molecule has 3 rings (SSSR count).